The maximum Gasteiger partial charge on any atom is 0.309 e. The molecule has 0 N–H and O–H groups in total. The van der Waals surface area contributed by atoms with E-state index in [9.17, 15) is 0 Å². The third-order valence-corrected chi connectivity index (χ3v) is 8.92. The van der Waals surface area contributed by atoms with Crippen molar-refractivity contribution in [1.29, 1.82) is 0 Å². The Labute approximate surface area is 252 Å². The van der Waals surface area contributed by atoms with Gasteiger partial charge >= 0.3 is 6.29 Å². The number of hydrogen-bond acceptors (Lipinski definition) is 0. The Morgan fingerprint density at radius 2 is 1.27 bits per heavy atom. The number of carbonyl (C=O) groups excluding carboxylic acids is 1. The van der Waals surface area contributed by atoms with Crippen LogP contribution >= 0.6 is 0 Å². The molecule has 1 aliphatic heterocycles. The van der Waals surface area contributed by atoms with Crippen LogP contribution in [0.3, 0.4) is 0 Å². The van der Waals surface area contributed by atoms with Crippen molar-refractivity contribution in [1.82, 2.24) is 0 Å². The normalized spacial score (nSPS) is 24.6. The summed E-state index contributed by atoms with van der Waals surface area (Å²) >= 11 is 0. The molecule has 0 radical (unpaired) electrons. The first kappa shape index (κ1) is 32.6. The monoisotopic (exact) mass is 551 g/mol. The summed E-state index contributed by atoms with van der Waals surface area (Å²) in [5.74, 6) is 0. The second kappa shape index (κ2) is 14.8. The lowest BCUT2D eigenvalue weighted by atomic mass is 9.72. The summed E-state index contributed by atoms with van der Waals surface area (Å²) in [6.45, 7) is 20.6. The maximum atomic E-state index is 5.90. The molecular formula is C40H55O+. The average Bonchev–Trinajstić information content (AvgIpc) is 2.87. The van der Waals surface area contributed by atoms with E-state index in [1.54, 1.807) is 11.1 Å². The summed E-state index contributed by atoms with van der Waals surface area (Å²) in [7, 11) is 0. The highest BCUT2D eigenvalue weighted by molar-refractivity contribution is 5.68. The second-order valence-corrected chi connectivity index (χ2v) is 13.7. The van der Waals surface area contributed by atoms with Gasteiger partial charge in [0.05, 0.1) is 6.42 Å². The van der Waals surface area contributed by atoms with Gasteiger partial charge in [-0.1, -0.05) is 111 Å². The van der Waals surface area contributed by atoms with Gasteiger partial charge in [0.25, 0.3) is 6.10 Å². The molecule has 0 bridgehead atoms. The fourth-order valence-electron chi connectivity index (χ4n) is 6.38. The van der Waals surface area contributed by atoms with Gasteiger partial charge in [0.2, 0.25) is 0 Å². The molecule has 1 heterocycles. The fraction of sp³-hybridized carbons (Fsp3) is 0.475. The Kier molecular flexibility index (Phi) is 11.8. The van der Waals surface area contributed by atoms with Crippen LogP contribution in [0.5, 0.6) is 0 Å². The van der Waals surface area contributed by atoms with Crippen LogP contribution < -0.4 is 0 Å². The van der Waals surface area contributed by atoms with Crippen LogP contribution in [0, 0.1) is 10.8 Å². The first-order valence-electron chi connectivity index (χ1n) is 15.7. The smallest absolute Gasteiger partial charge is 0.254 e. The predicted molar refractivity (Wildman–Crippen MR) is 181 cm³/mol. The highest BCUT2D eigenvalue weighted by Gasteiger charge is 2.27. The first-order chi connectivity index (χ1) is 19.4. The van der Waals surface area contributed by atoms with Gasteiger partial charge in [0.15, 0.2) is 0 Å². The van der Waals surface area contributed by atoms with E-state index in [2.05, 4.69) is 135 Å². The van der Waals surface area contributed by atoms with Crippen LogP contribution in [-0.2, 0) is 4.42 Å². The molecule has 220 valence electrons. The molecule has 0 spiro atoms. The topological polar surface area (TPSA) is 11.3 Å². The summed E-state index contributed by atoms with van der Waals surface area (Å²) < 4.78 is 5.90. The maximum absolute atomic E-state index is 5.90. The van der Waals surface area contributed by atoms with E-state index >= 15 is 0 Å². The summed E-state index contributed by atoms with van der Waals surface area (Å²) in [6, 6.07) is 0. The van der Waals surface area contributed by atoms with Gasteiger partial charge in [-0.15, -0.1) is 0 Å². The predicted octanol–water partition coefficient (Wildman–Crippen LogP) is 11.5. The van der Waals surface area contributed by atoms with Gasteiger partial charge in [-0.25, -0.2) is 0 Å². The van der Waals surface area contributed by atoms with Crippen molar-refractivity contribution in [3.63, 3.8) is 0 Å². The Balaban J connectivity index is 1.54. The van der Waals surface area contributed by atoms with Gasteiger partial charge in [0, 0.05) is 12.2 Å². The molecule has 1 nitrogen and oxygen atoms in total. The molecule has 0 saturated carbocycles. The van der Waals surface area contributed by atoms with Crippen LogP contribution in [0.15, 0.2) is 117 Å². The van der Waals surface area contributed by atoms with Crippen molar-refractivity contribution >= 4 is 6.29 Å². The van der Waals surface area contributed by atoms with Crippen LogP contribution in [0.2, 0.25) is 0 Å². The Hall–Kier alpha value is -2.93. The molecule has 41 heavy (non-hydrogen) atoms. The molecule has 0 fully saturated rings. The molecule has 1 atom stereocenters. The van der Waals surface area contributed by atoms with E-state index in [0.29, 0.717) is 0 Å². The quantitative estimate of drug-likeness (QED) is 0.153. The Bertz CT molecular complexity index is 1280. The van der Waals surface area contributed by atoms with E-state index in [1.807, 2.05) is 6.29 Å². The summed E-state index contributed by atoms with van der Waals surface area (Å²) in [4.78, 5) is 0. The third-order valence-electron chi connectivity index (χ3n) is 8.92. The highest BCUT2D eigenvalue weighted by Crippen LogP contribution is 2.41. The van der Waals surface area contributed by atoms with E-state index in [1.165, 1.54) is 72.0 Å². The first-order valence-corrected chi connectivity index (χ1v) is 15.7. The van der Waals surface area contributed by atoms with E-state index in [0.717, 1.165) is 6.42 Å². The lowest BCUT2D eigenvalue weighted by molar-refractivity contribution is -0.484. The molecule has 0 aromatic carbocycles. The van der Waals surface area contributed by atoms with Gasteiger partial charge in [-0.2, -0.15) is 0 Å². The van der Waals surface area contributed by atoms with Crippen molar-refractivity contribution in [2.75, 3.05) is 0 Å². The molecule has 3 aliphatic rings. The molecule has 3 rings (SSSR count). The largest absolute Gasteiger partial charge is 0.309 e. The van der Waals surface area contributed by atoms with Crippen LogP contribution in [0.1, 0.15) is 107 Å². The van der Waals surface area contributed by atoms with Gasteiger partial charge < -0.3 is 0 Å². The van der Waals surface area contributed by atoms with Crippen molar-refractivity contribution in [2.24, 2.45) is 10.8 Å². The highest BCUT2D eigenvalue weighted by atomic mass is 16.4. The zero-order chi connectivity index (χ0) is 30.0. The van der Waals surface area contributed by atoms with Crippen molar-refractivity contribution in [3.05, 3.63) is 117 Å². The van der Waals surface area contributed by atoms with Crippen LogP contribution in [0.4, 0.5) is 0 Å². The zero-order valence-electron chi connectivity index (χ0n) is 27.4. The Morgan fingerprint density at radius 1 is 0.732 bits per heavy atom. The minimum atomic E-state index is 0.0612. The Morgan fingerprint density at radius 3 is 1.80 bits per heavy atom. The lowest BCUT2D eigenvalue weighted by Gasteiger charge is -2.33. The van der Waals surface area contributed by atoms with Crippen molar-refractivity contribution in [2.45, 2.75) is 113 Å². The summed E-state index contributed by atoms with van der Waals surface area (Å²) in [5, 5.41) is 0. The SMILES string of the molecule is CC1=C(/C=C/C(C)=C/C=C/C2=CC=[O+]C(/C=C(C)/C=C/C=C(C)/C=C/C3=C(C)CCCC3(C)C)C2)C(C)(C)CCC1. The van der Waals surface area contributed by atoms with Gasteiger partial charge in [0.1, 0.15) is 0 Å². The van der Waals surface area contributed by atoms with E-state index in [4.69, 9.17) is 4.42 Å². The van der Waals surface area contributed by atoms with Crippen LogP contribution in [0.25, 0.3) is 0 Å². The lowest BCUT2D eigenvalue weighted by Crippen LogP contribution is -2.19. The number of rotatable bonds is 9. The molecule has 0 aromatic heterocycles. The summed E-state index contributed by atoms with van der Waals surface area (Å²) in [6.07, 6.45) is 37.0. The molecular weight excluding hydrogens is 496 g/mol. The van der Waals surface area contributed by atoms with Gasteiger partial charge in [-0.3, -0.25) is 4.42 Å². The second-order valence-electron chi connectivity index (χ2n) is 13.7. The fourth-order valence-corrected chi connectivity index (χ4v) is 6.38. The minimum absolute atomic E-state index is 0.0612. The van der Waals surface area contributed by atoms with E-state index in [-0.39, 0.29) is 16.9 Å². The van der Waals surface area contributed by atoms with Crippen molar-refractivity contribution < 1.29 is 4.42 Å². The number of hydrogen-bond donors (Lipinski definition) is 0. The summed E-state index contributed by atoms with van der Waals surface area (Å²) in [5.41, 5.74) is 11.7. The molecule has 2 aliphatic carbocycles. The minimum Gasteiger partial charge on any atom is -0.254 e. The molecule has 0 aromatic rings. The zero-order valence-corrected chi connectivity index (χ0v) is 27.4. The third kappa shape index (κ3) is 10.1. The average molecular weight is 552 g/mol. The molecule has 0 saturated heterocycles. The van der Waals surface area contributed by atoms with E-state index < -0.39 is 0 Å². The molecule has 1 unspecified atom stereocenters. The van der Waals surface area contributed by atoms with Gasteiger partial charge in [-0.05, 0) is 106 Å². The number of allylic oxidation sites excluding steroid dienone is 18. The molecule has 1 heteroatoms. The van der Waals surface area contributed by atoms with Crippen LogP contribution in [-0.4, -0.2) is 12.4 Å². The molecule has 0 amide bonds. The number of aldehydes is 1. The van der Waals surface area contributed by atoms with Crippen molar-refractivity contribution in [3.8, 4) is 0 Å². The standard InChI is InChI=1S/C40H55O/c1-30(20-22-37-33(4)17-12-25-39(37,6)7)14-10-16-32(3)28-36-29-35(24-27-41-36)19-11-15-31(2)21-23-38-34(5)18-13-26-40(38,8)9/h10-11,14-16,19-24,27-28,36H,12-13,17-18,25-26,29H2,1-9H3/q+1/b16-10+,19-11+,22-20+,23-21+,30-14+,31-15+,32-28+.